The molecule has 0 aromatic carbocycles. The topological polar surface area (TPSA) is 196 Å². The van der Waals surface area contributed by atoms with Crippen molar-refractivity contribution < 1.29 is 89.9 Å². The molecule has 2 aliphatic heterocycles. The number of hydrogen-bond donors (Lipinski definition) is 0. The first kappa shape index (κ1) is 50.7. The predicted octanol–water partition coefficient (Wildman–Crippen LogP) is 5.52. The second kappa shape index (κ2) is 28.1. The molecule has 0 saturated carbocycles. The molecule has 16 nitrogen and oxygen atoms in total. The fourth-order valence-corrected chi connectivity index (χ4v) is 4.65. The zero-order valence-corrected chi connectivity index (χ0v) is 34.0. The summed E-state index contributed by atoms with van der Waals surface area (Å²) in [7, 11) is -11.8. The van der Waals surface area contributed by atoms with Gasteiger partial charge in [-0.05, 0) is 74.2 Å². The molecule has 0 amide bonds. The summed E-state index contributed by atoms with van der Waals surface area (Å²) in [6.07, 6.45) is 26.8. The van der Waals surface area contributed by atoms with Crippen molar-refractivity contribution in [3.63, 3.8) is 0 Å². The molecular weight excluding hydrogens is 974 g/mol. The second-order valence-electron chi connectivity index (χ2n) is 10.7. The van der Waals surface area contributed by atoms with E-state index >= 15 is 0 Å². The largest absolute Gasteiger partial charge is 1.00 e. The van der Waals surface area contributed by atoms with E-state index in [1.165, 1.54) is 25.7 Å². The van der Waals surface area contributed by atoms with Crippen LogP contribution in [0.2, 0.25) is 0 Å². The van der Waals surface area contributed by atoms with Gasteiger partial charge < -0.3 is 19.3 Å². The van der Waals surface area contributed by atoms with Gasteiger partial charge in [-0.15, -0.1) is 0 Å². The van der Waals surface area contributed by atoms with Crippen LogP contribution in [-0.2, 0) is 63.4 Å². The maximum atomic E-state index is 10.0. The smallest absolute Gasteiger partial charge is 0.749 e. The van der Waals surface area contributed by atoms with E-state index in [4.69, 9.17) is 28.4 Å². The van der Waals surface area contributed by atoms with E-state index in [9.17, 15) is 16.8 Å². The molecule has 312 valence electrons. The molecule has 2 fully saturated rings. The Bertz CT molecular complexity index is 1640. The van der Waals surface area contributed by atoms with Crippen molar-refractivity contribution >= 4 is 16.0 Å². The maximum absolute atomic E-state index is 10.0. The quantitative estimate of drug-likeness (QED) is 0.115. The van der Waals surface area contributed by atoms with Gasteiger partial charge >= 0.3 is 60.7 Å². The fourth-order valence-electron chi connectivity index (χ4n) is 4.65. The summed E-state index contributed by atoms with van der Waals surface area (Å²) < 4.78 is 74.1. The first-order valence-electron chi connectivity index (χ1n) is 16.2. The van der Waals surface area contributed by atoms with E-state index < -0.39 is 16.0 Å². The van der Waals surface area contributed by atoms with Crippen LogP contribution >= 0.6 is 16.0 Å². The molecule has 2 saturated heterocycles. The van der Waals surface area contributed by atoms with E-state index in [2.05, 4.69) is 30.4 Å². The Morgan fingerprint density at radius 3 is 0.893 bits per heavy atom. The van der Waals surface area contributed by atoms with Crippen molar-refractivity contribution in [1.29, 1.82) is 0 Å². The standard InChI is InChI=1S/2C12H11N5.2C4H8O.2Ag.2F2HO2P/c2*1-5-14-16(9-1)12(17-10-2-6-15-17)11-3-7-13-8-4-11;2*1-2-4-5-3-1;;;2*1-5(2,3)4/h2*1-10,12H;2*1-4H2;;;2*(H,3,4)/q;;;;2*+1;;/p-2. The van der Waals surface area contributed by atoms with Crippen LogP contribution in [0.5, 0.6) is 0 Å². The molecule has 6 aromatic rings. The Balaban J connectivity index is 0.000000372. The summed E-state index contributed by atoms with van der Waals surface area (Å²) in [4.78, 5) is 24.7. The molecule has 0 aliphatic carbocycles. The van der Waals surface area contributed by atoms with Crippen LogP contribution < -0.4 is 9.79 Å². The predicted molar refractivity (Wildman–Crippen MR) is 184 cm³/mol. The minimum atomic E-state index is -5.89. The van der Waals surface area contributed by atoms with Crippen LogP contribution in [0.25, 0.3) is 0 Å². The monoisotopic (exact) mass is 1010 g/mol. The molecule has 0 unspecified atom stereocenters. The number of pyridine rings is 2. The first-order chi connectivity index (χ1) is 25.9. The van der Waals surface area contributed by atoms with Crippen LogP contribution in [0.15, 0.2) is 123 Å². The third-order valence-electron chi connectivity index (χ3n) is 6.76. The van der Waals surface area contributed by atoms with Gasteiger partial charge in [-0.25, -0.2) is 18.7 Å². The third-order valence-corrected chi connectivity index (χ3v) is 6.76. The molecule has 8 heterocycles. The van der Waals surface area contributed by atoms with Crippen molar-refractivity contribution in [3.05, 3.63) is 134 Å². The molecule has 24 heteroatoms. The molecule has 56 heavy (non-hydrogen) atoms. The van der Waals surface area contributed by atoms with Crippen LogP contribution in [0.4, 0.5) is 16.8 Å². The molecule has 0 atom stereocenters. The number of nitrogens with zero attached hydrogens (tertiary/aromatic N) is 10. The average molecular weight is 1010 g/mol. The normalized spacial score (nSPS) is 13.0. The Kier molecular flexibility index (Phi) is 25.4. The van der Waals surface area contributed by atoms with Crippen LogP contribution in [0.3, 0.4) is 0 Å². The summed E-state index contributed by atoms with van der Waals surface area (Å²) in [5, 5.41) is 17.1. The third kappa shape index (κ3) is 22.4. The van der Waals surface area contributed by atoms with Crippen LogP contribution in [0, 0.1) is 0 Å². The number of aromatic nitrogens is 10. The Morgan fingerprint density at radius 2 is 0.732 bits per heavy atom. The SMILES string of the molecule is C1CCOC1.C1CCOC1.O=P([O-])(F)F.O=P([O-])(F)F.[Ag+].[Ag+].c1cnn(C(c2ccncc2)n2cccn2)c1.c1cnn(C(c2ccncc2)n2cccn2)c1. The average Bonchev–Trinajstić information content (AvgIpc) is 3.97. The molecule has 0 bridgehead atoms. The molecule has 0 N–H and O–H groups in total. The Morgan fingerprint density at radius 1 is 0.500 bits per heavy atom. The van der Waals surface area contributed by atoms with E-state index in [-0.39, 0.29) is 57.1 Å². The summed E-state index contributed by atoms with van der Waals surface area (Å²) in [5.74, 6) is 0. The minimum absolute atomic E-state index is 0. The first-order valence-corrected chi connectivity index (χ1v) is 19.0. The van der Waals surface area contributed by atoms with E-state index in [0.717, 1.165) is 37.6 Å². The molecule has 8 rings (SSSR count). The van der Waals surface area contributed by atoms with E-state index in [0.29, 0.717) is 0 Å². The summed E-state index contributed by atoms with van der Waals surface area (Å²) in [5.41, 5.74) is 2.18. The van der Waals surface area contributed by atoms with Gasteiger partial charge in [0.15, 0.2) is 12.3 Å². The molecule has 2 aliphatic rings. The maximum Gasteiger partial charge on any atom is 1.00 e. The van der Waals surface area contributed by atoms with Gasteiger partial charge in [-0.1, -0.05) is 0 Å². The fraction of sp³-hybridized carbons (Fsp3) is 0.312. The van der Waals surface area contributed by atoms with Gasteiger partial charge in [0.25, 0.3) is 0 Å². The van der Waals surface area contributed by atoms with Crippen LogP contribution in [-0.4, -0.2) is 75.5 Å². The van der Waals surface area contributed by atoms with Gasteiger partial charge in [0.05, 0.1) is 0 Å². The minimum Gasteiger partial charge on any atom is -0.749 e. The Labute approximate surface area is 351 Å². The van der Waals surface area contributed by atoms with Gasteiger partial charge in [0, 0.05) is 112 Å². The van der Waals surface area contributed by atoms with Gasteiger partial charge in [-0.3, -0.25) is 19.1 Å². The van der Waals surface area contributed by atoms with Crippen molar-refractivity contribution in [3.8, 4) is 0 Å². The van der Waals surface area contributed by atoms with Crippen molar-refractivity contribution in [2.45, 2.75) is 38.0 Å². The van der Waals surface area contributed by atoms with Crippen molar-refractivity contribution in [2.75, 3.05) is 26.4 Å². The molecule has 6 aromatic heterocycles. The van der Waals surface area contributed by atoms with Crippen LogP contribution in [0.1, 0.15) is 49.1 Å². The summed E-state index contributed by atoms with van der Waals surface area (Å²) in [6, 6.07) is 15.5. The van der Waals surface area contributed by atoms with E-state index in [1.54, 1.807) is 49.6 Å². The summed E-state index contributed by atoms with van der Waals surface area (Å²) in [6.45, 7) is 4.00. The van der Waals surface area contributed by atoms with Crippen molar-refractivity contribution in [2.24, 2.45) is 0 Å². The zero-order chi connectivity index (χ0) is 39.1. The molecular formula is C32H38Ag2F4N10O6P2. The number of ether oxygens (including phenoxy) is 2. The molecule has 0 spiro atoms. The summed E-state index contributed by atoms with van der Waals surface area (Å²) >= 11 is 0. The second-order valence-corrected chi connectivity index (χ2v) is 12.4. The number of halogens is 4. The molecule has 0 radical (unpaired) electrons. The number of hydrogen-bond acceptors (Lipinski definition) is 12. The number of rotatable bonds is 6. The van der Waals surface area contributed by atoms with E-state index in [1.807, 2.05) is 92.0 Å². The van der Waals surface area contributed by atoms with Gasteiger partial charge in [0.1, 0.15) is 0 Å². The van der Waals surface area contributed by atoms with Crippen molar-refractivity contribution in [1.82, 2.24) is 49.1 Å². The zero-order valence-electron chi connectivity index (χ0n) is 29.3. The Hall–Kier alpha value is -3.36. The van der Waals surface area contributed by atoms with Gasteiger partial charge in [0.2, 0.25) is 0 Å². The van der Waals surface area contributed by atoms with Gasteiger partial charge in [-0.2, -0.15) is 37.2 Å².